The second kappa shape index (κ2) is 28.6. The number of fused-ring (bicyclic) bond motifs is 1. The molecule has 2 saturated heterocycles. The summed E-state index contributed by atoms with van der Waals surface area (Å²) < 4.78 is 42.9. The summed E-state index contributed by atoms with van der Waals surface area (Å²) >= 11 is 0.000165. The number of hydrogen-bond acceptors (Lipinski definition) is 16. The first-order chi connectivity index (χ1) is 35.2. The number of rotatable bonds is 29. The lowest BCUT2D eigenvalue weighted by Gasteiger charge is -2.33. The van der Waals surface area contributed by atoms with Crippen LogP contribution in [0.25, 0.3) is 10.9 Å². The Morgan fingerprint density at radius 1 is 0.840 bits per heavy atom. The summed E-state index contributed by atoms with van der Waals surface area (Å²) in [6.07, 6.45) is 2.03. The number of nitrogens with one attached hydrogen (secondary N) is 6. The van der Waals surface area contributed by atoms with Crippen LogP contribution in [0.2, 0.25) is 0 Å². The van der Waals surface area contributed by atoms with Crippen LogP contribution in [0.3, 0.4) is 0 Å². The first-order valence-corrected chi connectivity index (χ1v) is 27.9. The van der Waals surface area contributed by atoms with E-state index in [1.807, 2.05) is 13.8 Å². The molecule has 3 heterocycles. The zero-order valence-electron chi connectivity index (χ0n) is 41.4. The van der Waals surface area contributed by atoms with Crippen molar-refractivity contribution in [2.45, 2.75) is 127 Å². The topological polar surface area (TPSA) is 463 Å². The van der Waals surface area contributed by atoms with Gasteiger partial charge in [-0.3, -0.25) is 47.6 Å². The van der Waals surface area contributed by atoms with Gasteiger partial charge in [0.25, 0.3) is 0 Å². The van der Waals surface area contributed by atoms with E-state index in [0.29, 0.717) is 48.6 Å². The number of aromatic nitrogens is 1. The highest BCUT2D eigenvalue weighted by Gasteiger charge is 2.43. The fourth-order valence-electron chi connectivity index (χ4n) is 8.59. The summed E-state index contributed by atoms with van der Waals surface area (Å²) in [5.74, 6) is -7.83. The molecule has 1 aromatic heterocycles. The van der Waals surface area contributed by atoms with Crippen molar-refractivity contribution in [3.8, 4) is 0 Å². The van der Waals surface area contributed by atoms with Crippen molar-refractivity contribution in [1.29, 1.82) is 0 Å². The summed E-state index contributed by atoms with van der Waals surface area (Å²) in [6.45, 7) is 3.94. The lowest BCUT2D eigenvalue weighted by molar-refractivity contribution is -0.144. The minimum Gasteiger partial charge on any atom is -0.370 e. The van der Waals surface area contributed by atoms with Crippen LogP contribution < -0.4 is 43.8 Å². The van der Waals surface area contributed by atoms with Crippen LogP contribution in [0.4, 0.5) is 0 Å². The van der Waals surface area contributed by atoms with Crippen molar-refractivity contribution in [2.24, 2.45) is 28.1 Å². The van der Waals surface area contributed by atoms with E-state index < -0.39 is 124 Å². The third kappa shape index (κ3) is 19.2. The predicted octanol–water partition coefficient (Wildman–Crippen LogP) is -2.44. The van der Waals surface area contributed by atoms with Crippen LogP contribution in [0.1, 0.15) is 71.3 Å². The molecule has 2 aliphatic rings. The number of aliphatic imine (C=N–C) groups is 1. The quantitative estimate of drug-likeness (QED) is 0.0100. The van der Waals surface area contributed by atoms with E-state index in [4.69, 9.17) is 21.7 Å². The van der Waals surface area contributed by atoms with E-state index in [1.165, 1.54) is 9.80 Å². The van der Waals surface area contributed by atoms with E-state index >= 15 is 0 Å². The highest BCUT2D eigenvalue weighted by Crippen LogP contribution is 2.38. The molecule has 0 unspecified atom stereocenters. The van der Waals surface area contributed by atoms with Crippen molar-refractivity contribution in [3.63, 3.8) is 0 Å². The molecule has 2 aromatic rings. The summed E-state index contributed by atoms with van der Waals surface area (Å²) in [6, 6.07) is -4.71. The maximum atomic E-state index is 14.9. The molecule has 4 rings (SSSR count). The largest absolute Gasteiger partial charge is 0.469 e. The summed E-state index contributed by atoms with van der Waals surface area (Å²) in [5.41, 5.74) is 17.7. The average molecular weight is 1120 g/mol. The lowest BCUT2D eigenvalue weighted by Crippen LogP contribution is -2.62. The Bertz CT molecular complexity index is 2470. The van der Waals surface area contributed by atoms with Crippen molar-refractivity contribution in [1.82, 2.24) is 41.4 Å². The van der Waals surface area contributed by atoms with Gasteiger partial charge in [-0.15, -0.1) is 0 Å². The second-order valence-corrected chi connectivity index (χ2v) is 21.5. The highest BCUT2D eigenvalue weighted by molar-refractivity contribution is 7.93. The first-order valence-electron chi connectivity index (χ1n) is 23.9. The van der Waals surface area contributed by atoms with Crippen LogP contribution >= 0.6 is 27.7 Å². The minimum atomic E-state index is -5.45. The van der Waals surface area contributed by atoms with Gasteiger partial charge < -0.3 is 87.5 Å². The molecule has 0 spiro atoms. The monoisotopic (exact) mass is 1120 g/mol. The molecule has 0 radical (unpaired) electrons. The summed E-state index contributed by atoms with van der Waals surface area (Å²) in [7, 11) is -10.7. The van der Waals surface area contributed by atoms with E-state index in [9.17, 15) is 71.6 Å². The smallest absolute Gasteiger partial charge is 0.370 e. The van der Waals surface area contributed by atoms with Crippen molar-refractivity contribution < 1.29 is 80.7 Å². The van der Waals surface area contributed by atoms with E-state index in [-0.39, 0.29) is 69.1 Å². The predicted molar refractivity (Wildman–Crippen MR) is 270 cm³/mol. The maximum Gasteiger partial charge on any atom is 0.469 e. The SMILES string of the molecule is CC(C)C[C@H](NC(=O)[C@@H]1CCCN1C(=O)[C@H](Cc1c[nH]c2ccccc12)NC(=O)[C@@H](NC(=O)[C@H](CSO)NC(=O)[C@H](COP(=O)(O)O)NC(=O)[C@@H](N)CCCN=C(N)N)[C@@H](C)OP(=O)(O)O)C(=O)N1CCC[C@H]1C=O. The van der Waals surface area contributed by atoms with Gasteiger partial charge in [-0.1, -0.05) is 32.0 Å². The van der Waals surface area contributed by atoms with Crippen LogP contribution in [-0.4, -0.2) is 179 Å². The number of benzene rings is 1. The Hall–Kier alpha value is -5.52. The van der Waals surface area contributed by atoms with Crippen LogP contribution in [0, 0.1) is 5.92 Å². The molecule has 9 atom stereocenters. The summed E-state index contributed by atoms with van der Waals surface area (Å²) in [5, 5.41) is 12.6. The molecule has 17 N–H and O–H groups in total. The normalized spacial score (nSPS) is 18.7. The standard InChI is InChI=1S/C43H68N12O17P2S/c1-23(2)17-30(41(62)54-15-7-9-26(54)20-56)49-39(60)34-13-8-16-55(34)42(63)31(18-25-19-48-29-12-5-4-10-27(25)29)50-40(61)35(24(3)72-74(67,68)69)53-38(59)33(22-75-70)52-37(58)32(21-71-73(64,65)66)51-36(57)28(44)11-6-14-47-43(45)46/h4-5,10,12,19-20,23-24,26,28,30-35,48,70H,6-9,11,13-18,21-22,44H2,1-3H3,(H,49,60)(H,50,61)(H,51,57)(H,52,58)(H,53,59)(H4,45,46,47)(H2,64,65,66)(H2,67,68,69)/t24-,26+,28+,30+,31+,32+,33+,34+,35+/m1/s1. The molecule has 7 amide bonds. The van der Waals surface area contributed by atoms with E-state index in [0.717, 1.165) is 6.92 Å². The number of para-hydroxylation sites is 1. The minimum absolute atomic E-state index is 0.000165. The van der Waals surface area contributed by atoms with Gasteiger partial charge in [0.1, 0.15) is 42.5 Å². The van der Waals surface area contributed by atoms with Gasteiger partial charge >= 0.3 is 15.6 Å². The number of nitrogens with zero attached hydrogens (tertiary/aromatic N) is 3. The second-order valence-electron chi connectivity index (χ2n) is 18.4. The van der Waals surface area contributed by atoms with E-state index in [2.05, 4.69) is 41.1 Å². The third-order valence-corrected chi connectivity index (χ3v) is 13.8. The van der Waals surface area contributed by atoms with Gasteiger partial charge in [0.15, 0.2) is 5.96 Å². The van der Waals surface area contributed by atoms with Gasteiger partial charge in [-0.25, -0.2) is 9.13 Å². The van der Waals surface area contributed by atoms with Gasteiger partial charge in [0.05, 0.1) is 24.8 Å². The zero-order chi connectivity index (χ0) is 55.8. The van der Waals surface area contributed by atoms with Gasteiger partial charge in [-0.2, -0.15) is 0 Å². The molecule has 0 saturated carbocycles. The highest BCUT2D eigenvalue weighted by atomic mass is 32.2. The number of phosphoric ester groups is 2. The van der Waals surface area contributed by atoms with Crippen LogP contribution in [0.15, 0.2) is 35.5 Å². The van der Waals surface area contributed by atoms with Crippen molar-refractivity contribution in [3.05, 3.63) is 36.0 Å². The number of likely N-dealkylation sites (tertiary alicyclic amines) is 2. The van der Waals surface area contributed by atoms with Crippen molar-refractivity contribution >= 4 is 92.2 Å². The molecule has 75 heavy (non-hydrogen) atoms. The number of hydrogen-bond donors (Lipinski definition) is 14. The molecule has 2 aliphatic heterocycles. The molecule has 418 valence electrons. The molecule has 0 bridgehead atoms. The number of carbonyl (C=O) groups excluding carboxylic acids is 8. The Morgan fingerprint density at radius 2 is 1.47 bits per heavy atom. The molecular weight excluding hydrogens is 1050 g/mol. The third-order valence-electron chi connectivity index (χ3n) is 12.2. The van der Waals surface area contributed by atoms with Crippen LogP contribution in [0.5, 0.6) is 0 Å². The molecule has 29 nitrogen and oxygen atoms in total. The van der Waals surface area contributed by atoms with Gasteiger partial charge in [0, 0.05) is 48.9 Å². The lowest BCUT2D eigenvalue weighted by atomic mass is 10.0. The molecule has 0 aliphatic carbocycles. The Balaban J connectivity index is 1.64. The Morgan fingerprint density at radius 3 is 2.11 bits per heavy atom. The number of phosphoric acid groups is 2. The Labute approximate surface area is 435 Å². The van der Waals surface area contributed by atoms with Crippen molar-refractivity contribution in [2.75, 3.05) is 32.0 Å². The average Bonchev–Trinajstić information content (AvgIpc) is 4.12. The molecule has 2 fully saturated rings. The maximum absolute atomic E-state index is 14.9. The fourth-order valence-corrected chi connectivity index (χ4v) is 9.88. The Kier molecular flexibility index (Phi) is 23.6. The number of guanidine groups is 1. The summed E-state index contributed by atoms with van der Waals surface area (Å²) in [4.78, 5) is 158. The number of H-pyrrole nitrogens is 1. The molecular formula is C43H68N12O17P2S. The van der Waals surface area contributed by atoms with Crippen LogP contribution in [-0.2, 0) is 63.0 Å². The number of aromatic amines is 1. The number of nitrogens with two attached hydrogens (primary N) is 3. The number of amides is 7. The molecule has 32 heteroatoms. The van der Waals surface area contributed by atoms with E-state index in [1.54, 1.807) is 30.5 Å². The van der Waals surface area contributed by atoms with Gasteiger partial charge in [0.2, 0.25) is 41.4 Å². The number of aldehydes is 1. The van der Waals surface area contributed by atoms with Gasteiger partial charge in [-0.05, 0) is 81.5 Å². The fraction of sp³-hybridized carbons (Fsp3) is 0.605. The number of carbonyl (C=O) groups is 8. The zero-order valence-corrected chi connectivity index (χ0v) is 44.0. The molecule has 1 aromatic carbocycles. The first kappa shape index (κ1) is 62.0.